The zero-order chi connectivity index (χ0) is 9.97. The molecule has 1 unspecified atom stereocenters. The molecule has 1 aliphatic rings. The van der Waals surface area contributed by atoms with Crippen LogP contribution in [0.5, 0.6) is 0 Å². The van der Waals surface area contributed by atoms with Crippen LogP contribution < -0.4 is 5.32 Å². The Morgan fingerprint density at radius 2 is 2.64 bits per heavy atom. The fourth-order valence-electron chi connectivity index (χ4n) is 1.70. The topological polar surface area (TPSA) is 39.1 Å². The molecule has 1 N–H and O–H groups in total. The summed E-state index contributed by atoms with van der Waals surface area (Å²) in [6.45, 7) is 5.27. The van der Waals surface area contributed by atoms with Crippen molar-refractivity contribution in [3.8, 4) is 0 Å². The van der Waals surface area contributed by atoms with Crippen LogP contribution in [-0.2, 0) is 11.3 Å². The second-order valence-electron chi connectivity index (χ2n) is 3.29. The zero-order valence-electron chi connectivity index (χ0n) is 8.16. The lowest BCUT2D eigenvalue weighted by Crippen LogP contribution is -2.35. The molecule has 1 aromatic heterocycles. The van der Waals surface area contributed by atoms with Gasteiger partial charge in [0.25, 0.3) is 0 Å². The summed E-state index contributed by atoms with van der Waals surface area (Å²) >= 11 is 6.03. The molecule has 4 nitrogen and oxygen atoms in total. The van der Waals surface area contributed by atoms with Gasteiger partial charge in [-0.25, -0.2) is 4.98 Å². The van der Waals surface area contributed by atoms with Gasteiger partial charge in [-0.05, 0) is 6.92 Å². The summed E-state index contributed by atoms with van der Waals surface area (Å²) in [5.74, 6) is 0. The molecule has 1 saturated heterocycles. The van der Waals surface area contributed by atoms with Crippen LogP contribution in [0.4, 0.5) is 0 Å². The van der Waals surface area contributed by atoms with Crippen molar-refractivity contribution in [2.24, 2.45) is 0 Å². The highest BCUT2D eigenvalue weighted by Crippen LogP contribution is 2.23. The van der Waals surface area contributed by atoms with E-state index in [9.17, 15) is 0 Å². The lowest BCUT2D eigenvalue weighted by Gasteiger charge is -2.24. The number of hydrogen-bond acceptors (Lipinski definition) is 3. The molecule has 0 aromatic carbocycles. The smallest absolute Gasteiger partial charge is 0.151 e. The van der Waals surface area contributed by atoms with Crippen molar-refractivity contribution >= 4 is 11.6 Å². The van der Waals surface area contributed by atoms with Crippen LogP contribution in [0.25, 0.3) is 0 Å². The molecule has 1 aromatic rings. The standard InChI is InChI=1S/C9H14ClN3O/c1-2-13-6-12-9(10)8(13)7-5-14-4-3-11-7/h6-7,11H,2-5H2,1H3. The molecule has 14 heavy (non-hydrogen) atoms. The number of morpholine rings is 1. The van der Waals surface area contributed by atoms with Crippen molar-refractivity contribution in [1.29, 1.82) is 0 Å². The van der Waals surface area contributed by atoms with E-state index >= 15 is 0 Å². The maximum atomic E-state index is 6.03. The van der Waals surface area contributed by atoms with Crippen molar-refractivity contribution in [2.75, 3.05) is 19.8 Å². The Kier molecular flexibility index (Phi) is 3.05. The number of halogens is 1. The van der Waals surface area contributed by atoms with Gasteiger partial charge in [0.05, 0.1) is 31.3 Å². The van der Waals surface area contributed by atoms with Crippen LogP contribution in [0.3, 0.4) is 0 Å². The van der Waals surface area contributed by atoms with E-state index < -0.39 is 0 Å². The van der Waals surface area contributed by atoms with E-state index in [4.69, 9.17) is 16.3 Å². The van der Waals surface area contributed by atoms with Gasteiger partial charge < -0.3 is 14.6 Å². The maximum absolute atomic E-state index is 6.03. The number of hydrogen-bond donors (Lipinski definition) is 1. The first-order valence-corrected chi connectivity index (χ1v) is 5.22. The summed E-state index contributed by atoms with van der Waals surface area (Å²) in [5, 5.41) is 3.95. The summed E-state index contributed by atoms with van der Waals surface area (Å²) in [6.07, 6.45) is 1.77. The van der Waals surface area contributed by atoms with E-state index in [-0.39, 0.29) is 6.04 Å². The predicted octanol–water partition coefficient (Wildman–Crippen LogP) is 1.22. The van der Waals surface area contributed by atoms with E-state index in [1.54, 1.807) is 6.33 Å². The number of aryl methyl sites for hydroxylation is 1. The minimum Gasteiger partial charge on any atom is -0.378 e. The highest BCUT2D eigenvalue weighted by atomic mass is 35.5. The third-order valence-electron chi connectivity index (χ3n) is 2.42. The minimum absolute atomic E-state index is 0.179. The van der Waals surface area contributed by atoms with Gasteiger partial charge in [0.1, 0.15) is 0 Å². The van der Waals surface area contributed by atoms with E-state index in [1.807, 2.05) is 0 Å². The Morgan fingerprint density at radius 3 is 3.29 bits per heavy atom. The minimum atomic E-state index is 0.179. The lowest BCUT2D eigenvalue weighted by atomic mass is 10.2. The van der Waals surface area contributed by atoms with Gasteiger partial charge in [0.15, 0.2) is 5.15 Å². The highest BCUT2D eigenvalue weighted by molar-refractivity contribution is 6.30. The number of aromatic nitrogens is 2. The average Bonchev–Trinajstić information content (AvgIpc) is 2.61. The van der Waals surface area contributed by atoms with E-state index in [1.165, 1.54) is 0 Å². The molecule has 0 amide bonds. The highest BCUT2D eigenvalue weighted by Gasteiger charge is 2.21. The number of imidazole rings is 1. The van der Waals surface area contributed by atoms with Gasteiger partial charge in [-0.3, -0.25) is 0 Å². The zero-order valence-corrected chi connectivity index (χ0v) is 8.92. The molecule has 0 spiro atoms. The van der Waals surface area contributed by atoms with Gasteiger partial charge in [0.2, 0.25) is 0 Å². The van der Waals surface area contributed by atoms with Crippen LogP contribution in [0.15, 0.2) is 6.33 Å². The average molecular weight is 216 g/mol. The molecule has 0 aliphatic carbocycles. The lowest BCUT2D eigenvalue weighted by molar-refractivity contribution is 0.0745. The van der Waals surface area contributed by atoms with Gasteiger partial charge in [-0.2, -0.15) is 0 Å². The van der Waals surface area contributed by atoms with Crippen LogP contribution >= 0.6 is 11.6 Å². The van der Waals surface area contributed by atoms with E-state index in [0.717, 1.165) is 25.4 Å². The van der Waals surface area contributed by atoms with Gasteiger partial charge in [0, 0.05) is 13.1 Å². The molecule has 0 bridgehead atoms. The first kappa shape index (κ1) is 9.96. The molecular formula is C9H14ClN3O. The first-order chi connectivity index (χ1) is 6.83. The van der Waals surface area contributed by atoms with E-state index in [2.05, 4.69) is 21.8 Å². The van der Waals surface area contributed by atoms with Crippen LogP contribution in [0.1, 0.15) is 18.7 Å². The summed E-state index contributed by atoms with van der Waals surface area (Å²) < 4.78 is 7.45. The van der Waals surface area contributed by atoms with Crippen LogP contribution in [0, 0.1) is 0 Å². The van der Waals surface area contributed by atoms with Gasteiger partial charge in [-0.15, -0.1) is 0 Å². The molecule has 5 heteroatoms. The molecule has 1 fully saturated rings. The fourth-order valence-corrected chi connectivity index (χ4v) is 1.99. The Morgan fingerprint density at radius 1 is 1.79 bits per heavy atom. The second kappa shape index (κ2) is 4.29. The quantitative estimate of drug-likeness (QED) is 0.807. The maximum Gasteiger partial charge on any atom is 0.151 e. The second-order valence-corrected chi connectivity index (χ2v) is 3.65. The first-order valence-electron chi connectivity index (χ1n) is 4.84. The Balaban J connectivity index is 2.23. The van der Waals surface area contributed by atoms with E-state index in [0.29, 0.717) is 11.8 Å². The van der Waals surface area contributed by atoms with Crippen molar-refractivity contribution in [2.45, 2.75) is 19.5 Å². The van der Waals surface area contributed by atoms with Crippen molar-refractivity contribution < 1.29 is 4.74 Å². The summed E-state index contributed by atoms with van der Waals surface area (Å²) in [5.41, 5.74) is 1.04. The normalized spacial score (nSPS) is 22.6. The molecular weight excluding hydrogens is 202 g/mol. The Labute approximate surface area is 88.2 Å². The number of rotatable bonds is 2. The van der Waals surface area contributed by atoms with Gasteiger partial charge in [-0.1, -0.05) is 11.6 Å². The van der Waals surface area contributed by atoms with Crippen molar-refractivity contribution in [3.63, 3.8) is 0 Å². The van der Waals surface area contributed by atoms with Crippen molar-refractivity contribution in [3.05, 3.63) is 17.2 Å². The predicted molar refractivity (Wildman–Crippen MR) is 54.5 cm³/mol. The largest absolute Gasteiger partial charge is 0.378 e. The molecule has 0 radical (unpaired) electrons. The summed E-state index contributed by atoms with van der Waals surface area (Å²) in [7, 11) is 0. The van der Waals surface area contributed by atoms with Crippen molar-refractivity contribution in [1.82, 2.24) is 14.9 Å². The third kappa shape index (κ3) is 1.78. The third-order valence-corrected chi connectivity index (χ3v) is 2.71. The number of nitrogens with one attached hydrogen (secondary N) is 1. The Bertz CT molecular complexity index is 307. The molecule has 1 aliphatic heterocycles. The van der Waals surface area contributed by atoms with Gasteiger partial charge >= 0.3 is 0 Å². The molecule has 2 heterocycles. The number of ether oxygens (including phenoxy) is 1. The summed E-state index contributed by atoms with van der Waals surface area (Å²) in [6, 6.07) is 0.179. The molecule has 2 rings (SSSR count). The SMILES string of the molecule is CCn1cnc(Cl)c1C1COCCN1. The Hall–Kier alpha value is -0.580. The molecule has 1 atom stereocenters. The molecule has 0 saturated carbocycles. The fraction of sp³-hybridized carbons (Fsp3) is 0.667. The van der Waals surface area contributed by atoms with Crippen LogP contribution in [-0.4, -0.2) is 29.3 Å². The number of nitrogens with zero attached hydrogens (tertiary/aromatic N) is 2. The van der Waals surface area contributed by atoms with Crippen LogP contribution in [0.2, 0.25) is 5.15 Å². The monoisotopic (exact) mass is 215 g/mol. The summed E-state index contributed by atoms with van der Waals surface area (Å²) in [4.78, 5) is 4.10. The molecule has 78 valence electrons.